The van der Waals surface area contributed by atoms with Crippen LogP contribution in [-0.4, -0.2) is 8.42 Å². The van der Waals surface area contributed by atoms with Gasteiger partial charge in [-0.1, -0.05) is 13.0 Å². The molecule has 20 heavy (non-hydrogen) atoms. The van der Waals surface area contributed by atoms with Crippen molar-refractivity contribution in [2.75, 3.05) is 4.72 Å². The van der Waals surface area contributed by atoms with E-state index >= 15 is 0 Å². The van der Waals surface area contributed by atoms with E-state index in [1.165, 1.54) is 11.3 Å². The fourth-order valence-corrected chi connectivity index (χ4v) is 5.27. The van der Waals surface area contributed by atoms with Crippen LogP contribution in [0.2, 0.25) is 0 Å². The van der Waals surface area contributed by atoms with Crippen LogP contribution in [0.25, 0.3) is 0 Å². The molecular formula is C14H16BrNO2S2. The molecule has 0 bridgehead atoms. The molecule has 0 aliphatic rings. The topological polar surface area (TPSA) is 46.2 Å². The Morgan fingerprint density at radius 2 is 1.95 bits per heavy atom. The second-order valence-corrected chi connectivity index (χ2v) is 8.55. The Balaban J connectivity index is 2.38. The average Bonchev–Trinajstić information content (AvgIpc) is 2.83. The predicted octanol–water partition coefficient (Wildman–Crippen LogP) is 4.49. The first-order chi connectivity index (χ1) is 9.33. The molecule has 0 aliphatic carbocycles. The average molecular weight is 374 g/mol. The molecule has 0 fully saturated rings. The molecule has 6 heteroatoms. The minimum atomic E-state index is -3.52. The summed E-state index contributed by atoms with van der Waals surface area (Å²) in [5, 5.41) is 0. The minimum absolute atomic E-state index is 0.348. The number of benzene rings is 1. The van der Waals surface area contributed by atoms with Gasteiger partial charge >= 0.3 is 0 Å². The summed E-state index contributed by atoms with van der Waals surface area (Å²) < 4.78 is 28.6. The quantitative estimate of drug-likeness (QED) is 0.857. The molecule has 0 radical (unpaired) electrons. The maximum atomic E-state index is 12.4. The monoisotopic (exact) mass is 373 g/mol. The van der Waals surface area contributed by atoms with Gasteiger partial charge < -0.3 is 0 Å². The Kier molecular flexibility index (Phi) is 4.56. The Morgan fingerprint density at radius 3 is 2.50 bits per heavy atom. The van der Waals surface area contributed by atoms with E-state index in [4.69, 9.17) is 0 Å². The zero-order chi connectivity index (χ0) is 14.9. The second-order valence-electron chi connectivity index (χ2n) is 4.62. The highest BCUT2D eigenvalue weighted by molar-refractivity contribution is 9.10. The Bertz CT molecular complexity index is 712. The number of halogens is 1. The lowest BCUT2D eigenvalue weighted by atomic mass is 10.1. The number of rotatable bonds is 4. The van der Waals surface area contributed by atoms with Crippen molar-refractivity contribution in [3.05, 3.63) is 44.7 Å². The smallest absolute Gasteiger partial charge is 0.271 e. The lowest BCUT2D eigenvalue weighted by molar-refractivity contribution is 0.603. The zero-order valence-corrected chi connectivity index (χ0v) is 14.7. The molecule has 0 saturated heterocycles. The third kappa shape index (κ3) is 3.24. The van der Waals surface area contributed by atoms with Crippen LogP contribution in [0.5, 0.6) is 0 Å². The van der Waals surface area contributed by atoms with Crippen LogP contribution in [0.1, 0.15) is 22.9 Å². The molecule has 2 aromatic rings. The number of hydrogen-bond donors (Lipinski definition) is 1. The van der Waals surface area contributed by atoms with Crippen molar-refractivity contribution in [2.24, 2.45) is 0 Å². The first-order valence-corrected chi connectivity index (χ1v) is 9.31. The van der Waals surface area contributed by atoms with Gasteiger partial charge in [0.05, 0.1) is 5.69 Å². The zero-order valence-electron chi connectivity index (χ0n) is 11.5. The third-order valence-corrected chi connectivity index (χ3v) is 6.62. The maximum absolute atomic E-state index is 12.4. The molecule has 2 rings (SSSR count). The predicted molar refractivity (Wildman–Crippen MR) is 88.1 cm³/mol. The van der Waals surface area contributed by atoms with E-state index in [2.05, 4.69) is 20.7 Å². The summed E-state index contributed by atoms with van der Waals surface area (Å²) in [5.74, 6) is 0. The van der Waals surface area contributed by atoms with Gasteiger partial charge in [0, 0.05) is 9.35 Å². The van der Waals surface area contributed by atoms with Crippen LogP contribution in [0.3, 0.4) is 0 Å². The molecule has 0 spiro atoms. The van der Waals surface area contributed by atoms with Crippen LogP contribution in [-0.2, 0) is 16.4 Å². The summed E-state index contributed by atoms with van der Waals surface area (Å²) >= 11 is 4.73. The van der Waals surface area contributed by atoms with Crippen LogP contribution >= 0.6 is 27.3 Å². The summed E-state index contributed by atoms with van der Waals surface area (Å²) in [6, 6.07) is 7.37. The molecule has 3 nitrogen and oxygen atoms in total. The first-order valence-electron chi connectivity index (χ1n) is 6.21. The standard InChI is InChI=1S/C14H16BrNO2S2/c1-4-11-5-6-13(19-11)20(17,18)16-14-10(3)7-9(2)8-12(14)15/h5-8,16H,4H2,1-3H3. The van der Waals surface area contributed by atoms with Gasteiger partial charge in [-0.05, 0) is 65.5 Å². The molecule has 1 aromatic heterocycles. The van der Waals surface area contributed by atoms with Crippen LogP contribution in [0.15, 0.2) is 32.9 Å². The van der Waals surface area contributed by atoms with Crippen molar-refractivity contribution in [3.8, 4) is 0 Å². The van der Waals surface area contributed by atoms with Crippen molar-refractivity contribution < 1.29 is 8.42 Å². The van der Waals surface area contributed by atoms with Gasteiger partial charge in [-0.2, -0.15) is 0 Å². The molecule has 1 N–H and O–H groups in total. The Labute approximate surface area is 132 Å². The van der Waals surface area contributed by atoms with Crippen molar-refractivity contribution >= 4 is 43.0 Å². The molecule has 1 aromatic carbocycles. The minimum Gasteiger partial charge on any atom is -0.278 e. The van der Waals surface area contributed by atoms with Gasteiger partial charge in [-0.25, -0.2) is 8.42 Å². The molecule has 0 atom stereocenters. The number of aryl methyl sites for hydroxylation is 3. The summed E-state index contributed by atoms with van der Waals surface area (Å²) in [6.07, 6.45) is 0.841. The van der Waals surface area contributed by atoms with Crippen LogP contribution in [0, 0.1) is 13.8 Å². The van der Waals surface area contributed by atoms with Gasteiger partial charge in [-0.15, -0.1) is 11.3 Å². The van der Waals surface area contributed by atoms with E-state index in [1.807, 2.05) is 39.0 Å². The Morgan fingerprint density at radius 1 is 1.25 bits per heavy atom. The van der Waals surface area contributed by atoms with E-state index in [9.17, 15) is 8.42 Å². The molecule has 0 aliphatic heterocycles. The largest absolute Gasteiger partial charge is 0.278 e. The summed E-state index contributed by atoms with van der Waals surface area (Å²) in [7, 11) is -3.52. The van der Waals surface area contributed by atoms with Gasteiger partial charge in [0.1, 0.15) is 4.21 Å². The fourth-order valence-electron chi connectivity index (χ4n) is 1.92. The molecule has 1 heterocycles. The van der Waals surface area contributed by atoms with Gasteiger partial charge in [0.25, 0.3) is 10.0 Å². The van der Waals surface area contributed by atoms with E-state index in [1.54, 1.807) is 6.07 Å². The molecule has 108 valence electrons. The highest BCUT2D eigenvalue weighted by Gasteiger charge is 2.19. The lowest BCUT2D eigenvalue weighted by Gasteiger charge is -2.12. The van der Waals surface area contributed by atoms with E-state index in [0.717, 1.165) is 26.9 Å². The second kappa shape index (κ2) is 5.87. The van der Waals surface area contributed by atoms with Crippen LogP contribution in [0.4, 0.5) is 5.69 Å². The highest BCUT2D eigenvalue weighted by Crippen LogP contribution is 2.31. The number of anilines is 1. The van der Waals surface area contributed by atoms with Gasteiger partial charge in [-0.3, -0.25) is 4.72 Å². The molecule has 0 unspecified atom stereocenters. The molecular weight excluding hydrogens is 358 g/mol. The number of thiophene rings is 1. The fraction of sp³-hybridized carbons (Fsp3) is 0.286. The van der Waals surface area contributed by atoms with E-state index < -0.39 is 10.0 Å². The van der Waals surface area contributed by atoms with Gasteiger partial charge in [0.2, 0.25) is 0 Å². The molecule has 0 amide bonds. The van der Waals surface area contributed by atoms with Crippen molar-refractivity contribution in [1.82, 2.24) is 0 Å². The first kappa shape index (κ1) is 15.5. The SMILES string of the molecule is CCc1ccc(S(=O)(=O)Nc2c(C)cc(C)cc2Br)s1. The van der Waals surface area contributed by atoms with Gasteiger partial charge in [0.15, 0.2) is 0 Å². The Hall–Kier alpha value is -0.850. The van der Waals surface area contributed by atoms with E-state index in [0.29, 0.717) is 9.90 Å². The highest BCUT2D eigenvalue weighted by atomic mass is 79.9. The third-order valence-electron chi connectivity index (χ3n) is 2.92. The summed E-state index contributed by atoms with van der Waals surface area (Å²) in [4.78, 5) is 1.06. The van der Waals surface area contributed by atoms with E-state index in [-0.39, 0.29) is 0 Å². The molecule has 0 saturated carbocycles. The number of nitrogens with one attached hydrogen (secondary N) is 1. The van der Waals surface area contributed by atoms with Crippen molar-refractivity contribution in [2.45, 2.75) is 31.4 Å². The van der Waals surface area contributed by atoms with Crippen LogP contribution < -0.4 is 4.72 Å². The van der Waals surface area contributed by atoms with Crippen molar-refractivity contribution in [1.29, 1.82) is 0 Å². The lowest BCUT2D eigenvalue weighted by Crippen LogP contribution is -2.13. The number of hydrogen-bond acceptors (Lipinski definition) is 3. The maximum Gasteiger partial charge on any atom is 0.271 e. The summed E-state index contributed by atoms with van der Waals surface area (Å²) in [5.41, 5.74) is 2.58. The summed E-state index contributed by atoms with van der Waals surface area (Å²) in [6.45, 7) is 5.88. The number of sulfonamides is 1. The van der Waals surface area contributed by atoms with Crippen molar-refractivity contribution in [3.63, 3.8) is 0 Å². The normalized spacial score (nSPS) is 11.6.